The van der Waals surface area contributed by atoms with Crippen molar-refractivity contribution in [2.24, 2.45) is 5.92 Å². The molecule has 23 heavy (non-hydrogen) atoms. The lowest BCUT2D eigenvalue weighted by Crippen LogP contribution is -2.31. The molecule has 1 aliphatic heterocycles. The molecule has 1 saturated heterocycles. The second kappa shape index (κ2) is 7.68. The summed E-state index contributed by atoms with van der Waals surface area (Å²) < 4.78 is 5.25. The van der Waals surface area contributed by atoms with Gasteiger partial charge in [-0.2, -0.15) is 5.26 Å². The number of rotatable bonds is 4. The molecule has 1 fully saturated rings. The summed E-state index contributed by atoms with van der Waals surface area (Å²) in [4.78, 5) is 14.4. The topological polar surface area (TPSA) is 65.4 Å². The molecule has 0 radical (unpaired) electrons. The van der Waals surface area contributed by atoms with E-state index in [-0.39, 0.29) is 5.57 Å². The average Bonchev–Trinajstić information content (AvgIpc) is 2.53. The zero-order valence-corrected chi connectivity index (χ0v) is 13.9. The number of hydrogen-bond donors (Lipinski definition) is 1. The van der Waals surface area contributed by atoms with E-state index in [4.69, 9.17) is 4.74 Å². The largest absolute Gasteiger partial charge is 0.495 e. The van der Waals surface area contributed by atoms with Crippen molar-refractivity contribution in [3.63, 3.8) is 0 Å². The van der Waals surface area contributed by atoms with E-state index < -0.39 is 5.91 Å². The number of aryl methyl sites for hydroxylation is 1. The number of amides is 1. The second-order valence-corrected chi connectivity index (χ2v) is 6.05. The molecule has 1 aliphatic rings. The first-order chi connectivity index (χ1) is 11.0. The number of likely N-dealkylation sites (tertiary alicyclic amines) is 1. The number of carbonyl (C=O) groups excluding carboxylic acids is 1. The monoisotopic (exact) mass is 313 g/mol. The summed E-state index contributed by atoms with van der Waals surface area (Å²) >= 11 is 0. The maximum atomic E-state index is 12.4. The van der Waals surface area contributed by atoms with Crippen molar-refractivity contribution in [2.75, 3.05) is 25.5 Å². The summed E-state index contributed by atoms with van der Waals surface area (Å²) in [5.74, 6) is 0.752. The number of anilines is 1. The van der Waals surface area contributed by atoms with Crippen LogP contribution in [-0.4, -0.2) is 31.0 Å². The van der Waals surface area contributed by atoms with Crippen molar-refractivity contribution in [3.05, 3.63) is 35.5 Å². The number of nitrogens with one attached hydrogen (secondary N) is 1. The molecular weight excluding hydrogens is 290 g/mol. The SMILES string of the molecule is COc1ccc(C)cc1NC(=O)/C(C#N)=C\N1CCCC(C)C1. The number of benzene rings is 1. The van der Waals surface area contributed by atoms with Crippen molar-refractivity contribution in [1.82, 2.24) is 4.90 Å². The van der Waals surface area contributed by atoms with Crippen LogP contribution in [0.4, 0.5) is 5.69 Å². The van der Waals surface area contributed by atoms with E-state index in [1.54, 1.807) is 19.4 Å². The van der Waals surface area contributed by atoms with E-state index in [0.29, 0.717) is 17.4 Å². The molecule has 0 bridgehead atoms. The van der Waals surface area contributed by atoms with E-state index >= 15 is 0 Å². The first-order valence-electron chi connectivity index (χ1n) is 7.85. The predicted molar refractivity (Wildman–Crippen MR) is 90.0 cm³/mol. The van der Waals surface area contributed by atoms with Crippen LogP contribution in [0.1, 0.15) is 25.3 Å². The van der Waals surface area contributed by atoms with Gasteiger partial charge in [0, 0.05) is 19.3 Å². The molecule has 2 rings (SSSR count). The summed E-state index contributed by atoms with van der Waals surface area (Å²) in [6.07, 6.45) is 3.95. The molecule has 0 spiro atoms. The van der Waals surface area contributed by atoms with Crippen LogP contribution in [0.2, 0.25) is 0 Å². The van der Waals surface area contributed by atoms with Gasteiger partial charge in [-0.3, -0.25) is 4.79 Å². The van der Waals surface area contributed by atoms with Crippen LogP contribution in [0.25, 0.3) is 0 Å². The maximum absolute atomic E-state index is 12.4. The van der Waals surface area contributed by atoms with Crippen LogP contribution in [0, 0.1) is 24.2 Å². The summed E-state index contributed by atoms with van der Waals surface area (Å²) in [7, 11) is 1.55. The fraction of sp³-hybridized carbons (Fsp3) is 0.444. The quantitative estimate of drug-likeness (QED) is 0.685. The Hall–Kier alpha value is -2.48. The number of piperidine rings is 1. The Kier molecular flexibility index (Phi) is 5.64. The van der Waals surface area contributed by atoms with E-state index in [1.165, 1.54) is 6.42 Å². The van der Waals surface area contributed by atoms with Gasteiger partial charge in [0.2, 0.25) is 0 Å². The molecule has 1 atom stereocenters. The molecule has 1 aromatic carbocycles. The van der Waals surface area contributed by atoms with Gasteiger partial charge in [0.15, 0.2) is 0 Å². The van der Waals surface area contributed by atoms with Gasteiger partial charge >= 0.3 is 0 Å². The highest BCUT2D eigenvalue weighted by molar-refractivity contribution is 6.07. The van der Waals surface area contributed by atoms with Crippen LogP contribution in [-0.2, 0) is 4.79 Å². The zero-order chi connectivity index (χ0) is 16.8. The van der Waals surface area contributed by atoms with Gasteiger partial charge in [0.1, 0.15) is 17.4 Å². The molecular formula is C18H23N3O2. The molecule has 1 N–H and O–H groups in total. The highest BCUT2D eigenvalue weighted by Gasteiger charge is 2.17. The van der Waals surface area contributed by atoms with Crippen LogP contribution in [0.5, 0.6) is 5.75 Å². The maximum Gasteiger partial charge on any atom is 0.267 e. The molecule has 1 unspecified atom stereocenters. The first-order valence-corrected chi connectivity index (χ1v) is 7.85. The fourth-order valence-electron chi connectivity index (χ4n) is 2.77. The van der Waals surface area contributed by atoms with Crippen LogP contribution in [0.15, 0.2) is 30.0 Å². The molecule has 0 aliphatic carbocycles. The normalized spacial score (nSPS) is 18.3. The fourth-order valence-corrected chi connectivity index (χ4v) is 2.77. The molecule has 0 saturated carbocycles. The smallest absolute Gasteiger partial charge is 0.267 e. The zero-order valence-electron chi connectivity index (χ0n) is 13.9. The van der Waals surface area contributed by atoms with Crippen molar-refractivity contribution in [1.29, 1.82) is 5.26 Å². The summed E-state index contributed by atoms with van der Waals surface area (Å²) in [6, 6.07) is 7.54. The molecule has 1 amide bonds. The van der Waals surface area contributed by atoms with E-state index in [0.717, 1.165) is 25.1 Å². The van der Waals surface area contributed by atoms with E-state index in [9.17, 15) is 10.1 Å². The highest BCUT2D eigenvalue weighted by atomic mass is 16.5. The molecule has 0 aromatic heterocycles. The molecule has 122 valence electrons. The third-order valence-electron chi connectivity index (χ3n) is 3.97. The summed E-state index contributed by atoms with van der Waals surface area (Å²) in [5, 5.41) is 12.1. The molecule has 1 aromatic rings. The van der Waals surface area contributed by atoms with E-state index in [2.05, 4.69) is 17.1 Å². The third-order valence-corrected chi connectivity index (χ3v) is 3.97. The standard InChI is InChI=1S/C18H23N3O2/c1-13-6-7-17(23-3)16(9-13)20-18(22)15(10-19)12-21-8-4-5-14(2)11-21/h6-7,9,12,14H,4-5,8,11H2,1-3H3,(H,20,22)/b15-12-. The Morgan fingerprint density at radius 1 is 1.52 bits per heavy atom. The van der Waals surface area contributed by atoms with E-state index in [1.807, 2.05) is 25.1 Å². The second-order valence-electron chi connectivity index (χ2n) is 6.05. The van der Waals surface area contributed by atoms with Crippen molar-refractivity contribution in [3.8, 4) is 11.8 Å². The van der Waals surface area contributed by atoms with Gasteiger partial charge in [-0.05, 0) is 43.4 Å². The Bertz CT molecular complexity index is 646. The average molecular weight is 313 g/mol. The van der Waals surface area contributed by atoms with Crippen molar-refractivity contribution in [2.45, 2.75) is 26.7 Å². The lowest BCUT2D eigenvalue weighted by Gasteiger charge is -2.29. The number of carbonyl (C=O) groups is 1. The summed E-state index contributed by atoms with van der Waals surface area (Å²) in [5.41, 5.74) is 1.70. The number of ether oxygens (including phenoxy) is 1. The Balaban J connectivity index is 2.14. The van der Waals surface area contributed by atoms with Crippen LogP contribution < -0.4 is 10.1 Å². The lowest BCUT2D eigenvalue weighted by atomic mass is 10.0. The highest BCUT2D eigenvalue weighted by Crippen LogP contribution is 2.25. The van der Waals surface area contributed by atoms with Gasteiger partial charge in [0.25, 0.3) is 5.91 Å². The predicted octanol–water partition coefficient (Wildman–Crippen LogP) is 3.08. The van der Waals surface area contributed by atoms with Crippen molar-refractivity contribution < 1.29 is 9.53 Å². The minimum Gasteiger partial charge on any atom is -0.495 e. The molecule has 1 heterocycles. The van der Waals surface area contributed by atoms with Gasteiger partial charge < -0.3 is 15.0 Å². The van der Waals surface area contributed by atoms with Gasteiger partial charge in [-0.25, -0.2) is 0 Å². The Morgan fingerprint density at radius 2 is 2.30 bits per heavy atom. The van der Waals surface area contributed by atoms with Crippen LogP contribution in [0.3, 0.4) is 0 Å². The number of hydrogen-bond acceptors (Lipinski definition) is 4. The third kappa shape index (κ3) is 4.49. The van der Waals surface area contributed by atoms with Gasteiger partial charge in [-0.1, -0.05) is 13.0 Å². The summed E-state index contributed by atoms with van der Waals surface area (Å²) in [6.45, 7) is 5.89. The van der Waals surface area contributed by atoms with Gasteiger partial charge in [0.05, 0.1) is 12.8 Å². The number of methoxy groups -OCH3 is 1. The number of nitrogens with zero attached hydrogens (tertiary/aromatic N) is 2. The van der Waals surface area contributed by atoms with Crippen molar-refractivity contribution >= 4 is 11.6 Å². The lowest BCUT2D eigenvalue weighted by molar-refractivity contribution is -0.112. The molecule has 5 nitrogen and oxygen atoms in total. The Morgan fingerprint density at radius 3 is 2.96 bits per heavy atom. The molecule has 5 heteroatoms. The first kappa shape index (κ1) is 16.9. The van der Waals surface area contributed by atoms with Gasteiger partial charge in [-0.15, -0.1) is 0 Å². The van der Waals surface area contributed by atoms with Crippen LogP contribution >= 0.6 is 0 Å². The number of nitriles is 1. The minimum absolute atomic E-state index is 0.114. The Labute approximate surface area is 137 Å². The minimum atomic E-state index is -0.408.